The van der Waals surface area contributed by atoms with Gasteiger partial charge in [0.25, 0.3) is 0 Å². The Morgan fingerprint density at radius 1 is 1.44 bits per heavy atom. The van der Waals surface area contributed by atoms with Gasteiger partial charge in [0, 0.05) is 36.3 Å². The maximum Gasteiger partial charge on any atom is 0.0534 e. The van der Waals surface area contributed by atoms with Gasteiger partial charge in [0.1, 0.15) is 0 Å². The first kappa shape index (κ1) is 11.4. The lowest BCUT2D eigenvalue weighted by Gasteiger charge is -2.01. The van der Waals surface area contributed by atoms with Crippen LogP contribution >= 0.6 is 11.3 Å². The first-order valence-corrected chi connectivity index (χ1v) is 6.42. The van der Waals surface area contributed by atoms with Gasteiger partial charge in [-0.3, -0.25) is 4.68 Å². The van der Waals surface area contributed by atoms with E-state index in [2.05, 4.69) is 41.9 Å². The molecule has 0 unspecified atom stereocenters. The molecule has 2 rings (SSSR count). The predicted octanol–water partition coefficient (Wildman–Crippen LogP) is 2.56. The summed E-state index contributed by atoms with van der Waals surface area (Å²) in [7, 11) is 0. The molecule has 0 saturated carbocycles. The van der Waals surface area contributed by atoms with Gasteiger partial charge in [0.2, 0.25) is 0 Å². The average Bonchev–Trinajstić information content (AvgIpc) is 2.89. The molecule has 0 atom stereocenters. The van der Waals surface area contributed by atoms with Crippen LogP contribution in [0.4, 0.5) is 0 Å². The van der Waals surface area contributed by atoms with Crippen LogP contribution in [-0.2, 0) is 19.6 Å². The van der Waals surface area contributed by atoms with E-state index in [1.165, 1.54) is 16.0 Å². The number of thiophene rings is 1. The predicted molar refractivity (Wildman–Crippen MR) is 67.5 cm³/mol. The van der Waals surface area contributed by atoms with E-state index in [-0.39, 0.29) is 0 Å². The fraction of sp³-hybridized carbons (Fsp3) is 0.417. The first-order valence-electron chi connectivity index (χ1n) is 5.54. The molecular weight excluding hydrogens is 218 g/mol. The second-order valence-corrected chi connectivity index (χ2v) is 4.84. The van der Waals surface area contributed by atoms with Crippen molar-refractivity contribution in [2.75, 3.05) is 0 Å². The molecule has 4 heteroatoms. The van der Waals surface area contributed by atoms with Gasteiger partial charge in [-0.15, -0.1) is 11.3 Å². The monoisotopic (exact) mass is 235 g/mol. The molecule has 1 N–H and O–H groups in total. The fourth-order valence-electron chi connectivity index (χ4n) is 1.58. The minimum absolute atomic E-state index is 0.886. The summed E-state index contributed by atoms with van der Waals surface area (Å²) in [6.07, 6.45) is 4.02. The molecule has 0 bridgehead atoms. The van der Waals surface area contributed by atoms with E-state index < -0.39 is 0 Å². The molecule has 3 nitrogen and oxygen atoms in total. The van der Waals surface area contributed by atoms with Crippen LogP contribution in [-0.4, -0.2) is 9.78 Å². The van der Waals surface area contributed by atoms with Gasteiger partial charge >= 0.3 is 0 Å². The zero-order valence-corrected chi connectivity index (χ0v) is 10.5. The summed E-state index contributed by atoms with van der Waals surface area (Å²) in [5.74, 6) is 0. The molecule has 0 aliphatic carbocycles. The molecule has 16 heavy (non-hydrogen) atoms. The van der Waals surface area contributed by atoms with Crippen molar-refractivity contribution in [2.45, 2.75) is 33.5 Å². The van der Waals surface area contributed by atoms with Crippen LogP contribution < -0.4 is 5.32 Å². The average molecular weight is 235 g/mol. The normalized spacial score (nSPS) is 10.9. The summed E-state index contributed by atoms with van der Waals surface area (Å²) in [5.41, 5.74) is 2.62. The highest BCUT2D eigenvalue weighted by atomic mass is 32.1. The van der Waals surface area contributed by atoms with Crippen molar-refractivity contribution >= 4 is 11.3 Å². The van der Waals surface area contributed by atoms with Gasteiger partial charge in [-0.25, -0.2) is 0 Å². The van der Waals surface area contributed by atoms with Crippen molar-refractivity contribution in [2.24, 2.45) is 0 Å². The molecule has 0 amide bonds. The summed E-state index contributed by atoms with van der Waals surface area (Å²) < 4.78 is 1.95. The molecule has 2 aromatic heterocycles. The van der Waals surface area contributed by atoms with Gasteiger partial charge < -0.3 is 5.32 Å². The van der Waals surface area contributed by atoms with Crippen molar-refractivity contribution in [3.8, 4) is 0 Å². The van der Waals surface area contributed by atoms with E-state index in [0.717, 1.165) is 19.6 Å². The molecule has 0 spiro atoms. The Bertz CT molecular complexity index is 445. The third-order valence-electron chi connectivity index (χ3n) is 2.59. The van der Waals surface area contributed by atoms with Gasteiger partial charge in [-0.2, -0.15) is 5.10 Å². The van der Waals surface area contributed by atoms with E-state index in [9.17, 15) is 0 Å². The van der Waals surface area contributed by atoms with E-state index in [1.54, 1.807) is 0 Å². The molecule has 2 heterocycles. The van der Waals surface area contributed by atoms with Crippen LogP contribution in [0.1, 0.15) is 22.9 Å². The minimum atomic E-state index is 0.886. The van der Waals surface area contributed by atoms with Crippen molar-refractivity contribution in [3.05, 3.63) is 39.8 Å². The lowest BCUT2D eigenvalue weighted by atomic mass is 10.3. The zero-order chi connectivity index (χ0) is 11.4. The van der Waals surface area contributed by atoms with Gasteiger partial charge in [-0.05, 0) is 30.9 Å². The van der Waals surface area contributed by atoms with Gasteiger partial charge in [0.05, 0.1) is 6.20 Å². The maximum atomic E-state index is 4.25. The summed E-state index contributed by atoms with van der Waals surface area (Å²) in [5, 5.41) is 9.83. The summed E-state index contributed by atoms with van der Waals surface area (Å²) in [6, 6.07) is 2.16. The second kappa shape index (κ2) is 5.27. The van der Waals surface area contributed by atoms with E-state index in [4.69, 9.17) is 0 Å². The largest absolute Gasteiger partial charge is 0.308 e. The number of aromatic nitrogens is 2. The smallest absolute Gasteiger partial charge is 0.0534 e. The summed E-state index contributed by atoms with van der Waals surface area (Å²) in [4.78, 5) is 1.42. The Kier molecular flexibility index (Phi) is 3.74. The topological polar surface area (TPSA) is 29.9 Å². The molecule has 0 aliphatic heterocycles. The first-order chi connectivity index (χ1) is 7.79. The fourth-order valence-corrected chi connectivity index (χ4v) is 2.45. The number of nitrogens with zero attached hydrogens (tertiary/aromatic N) is 2. The Labute approximate surface area is 100 Å². The number of rotatable bonds is 5. The van der Waals surface area contributed by atoms with Crippen molar-refractivity contribution < 1.29 is 0 Å². The third-order valence-corrected chi connectivity index (χ3v) is 3.62. The molecule has 0 fully saturated rings. The van der Waals surface area contributed by atoms with Crippen LogP contribution in [0.25, 0.3) is 0 Å². The van der Waals surface area contributed by atoms with Gasteiger partial charge in [-0.1, -0.05) is 0 Å². The molecule has 86 valence electrons. The standard InChI is InChI=1S/C12H17N3S/c1-3-15-9-11(7-14-15)6-13-8-12-10(2)4-5-16-12/h4-5,7,9,13H,3,6,8H2,1-2H3. The molecule has 0 radical (unpaired) electrons. The van der Waals surface area contributed by atoms with Crippen molar-refractivity contribution in [1.29, 1.82) is 0 Å². The highest BCUT2D eigenvalue weighted by Crippen LogP contribution is 2.14. The van der Waals surface area contributed by atoms with Crippen LogP contribution in [0, 0.1) is 6.92 Å². The maximum absolute atomic E-state index is 4.25. The highest BCUT2D eigenvalue weighted by Gasteiger charge is 2.00. The molecule has 0 saturated heterocycles. The van der Waals surface area contributed by atoms with E-state index >= 15 is 0 Å². The lowest BCUT2D eigenvalue weighted by molar-refractivity contribution is 0.656. The molecule has 0 aromatic carbocycles. The Morgan fingerprint density at radius 3 is 2.94 bits per heavy atom. The lowest BCUT2D eigenvalue weighted by Crippen LogP contribution is -2.11. The molecule has 0 aliphatic rings. The molecular formula is C12H17N3S. The Balaban J connectivity index is 1.82. The Morgan fingerprint density at radius 2 is 2.31 bits per heavy atom. The number of hydrogen-bond donors (Lipinski definition) is 1. The van der Waals surface area contributed by atoms with E-state index in [0.29, 0.717) is 0 Å². The summed E-state index contributed by atoms with van der Waals surface area (Å²) >= 11 is 1.81. The number of nitrogens with one attached hydrogen (secondary N) is 1. The minimum Gasteiger partial charge on any atom is -0.308 e. The van der Waals surface area contributed by atoms with Crippen LogP contribution in [0.15, 0.2) is 23.8 Å². The second-order valence-electron chi connectivity index (χ2n) is 3.83. The SMILES string of the molecule is CCn1cc(CNCc2sccc2C)cn1. The molecule has 2 aromatic rings. The highest BCUT2D eigenvalue weighted by molar-refractivity contribution is 7.10. The van der Waals surface area contributed by atoms with Crippen LogP contribution in [0.5, 0.6) is 0 Å². The van der Waals surface area contributed by atoms with Crippen LogP contribution in [0.2, 0.25) is 0 Å². The van der Waals surface area contributed by atoms with Crippen molar-refractivity contribution in [3.63, 3.8) is 0 Å². The van der Waals surface area contributed by atoms with Crippen molar-refractivity contribution in [1.82, 2.24) is 15.1 Å². The zero-order valence-electron chi connectivity index (χ0n) is 9.73. The van der Waals surface area contributed by atoms with Crippen LogP contribution in [0.3, 0.4) is 0 Å². The number of hydrogen-bond acceptors (Lipinski definition) is 3. The Hall–Kier alpha value is -1.13. The van der Waals surface area contributed by atoms with Gasteiger partial charge in [0.15, 0.2) is 0 Å². The summed E-state index contributed by atoms with van der Waals surface area (Å²) in [6.45, 7) is 7.02. The van der Waals surface area contributed by atoms with E-state index in [1.807, 2.05) is 22.2 Å². The third kappa shape index (κ3) is 2.71. The quantitative estimate of drug-likeness (QED) is 0.863. The number of aryl methyl sites for hydroxylation is 2.